The van der Waals surface area contributed by atoms with Gasteiger partial charge in [-0.1, -0.05) is 24.2 Å². The molecule has 1 N–H and O–H groups in total. The lowest BCUT2D eigenvalue weighted by Crippen LogP contribution is -2.25. The van der Waals surface area contributed by atoms with Crippen LogP contribution in [-0.2, 0) is 13.1 Å². The van der Waals surface area contributed by atoms with Gasteiger partial charge in [0.05, 0.1) is 24.0 Å². The van der Waals surface area contributed by atoms with Gasteiger partial charge in [0.25, 0.3) is 5.56 Å². The van der Waals surface area contributed by atoms with Gasteiger partial charge < -0.3 is 9.51 Å². The summed E-state index contributed by atoms with van der Waals surface area (Å²) in [5, 5.41) is 4.65. The minimum Gasteiger partial charge on any atom is -0.338 e. The Kier molecular flexibility index (Phi) is 3.86. The lowest BCUT2D eigenvalue weighted by atomic mass is 10.2. The molecule has 2 aromatic heterocycles. The average Bonchev–Trinajstić information content (AvgIpc) is 3.34. The van der Waals surface area contributed by atoms with Crippen LogP contribution >= 0.6 is 0 Å². The van der Waals surface area contributed by atoms with Crippen LogP contribution < -0.4 is 5.56 Å². The van der Waals surface area contributed by atoms with E-state index in [0.717, 1.165) is 25.2 Å². The number of H-pyrrole nitrogens is 1. The smallest absolute Gasteiger partial charge is 0.258 e. The van der Waals surface area contributed by atoms with Gasteiger partial charge in [-0.05, 0) is 31.5 Å². The second kappa shape index (κ2) is 6.16. The van der Waals surface area contributed by atoms with Gasteiger partial charge in [0, 0.05) is 5.92 Å². The maximum Gasteiger partial charge on any atom is 0.258 e. The Morgan fingerprint density at radius 2 is 2.08 bits per heavy atom. The third-order valence-electron chi connectivity index (χ3n) is 4.27. The molecule has 1 fully saturated rings. The lowest BCUT2D eigenvalue weighted by Gasteiger charge is -2.17. The molecular formula is C17H19N5O2. The first-order valence-corrected chi connectivity index (χ1v) is 8.25. The van der Waals surface area contributed by atoms with E-state index in [9.17, 15) is 4.79 Å². The fraction of sp³-hybridized carbons (Fsp3) is 0.412. The number of fused-ring (bicyclic) bond motifs is 1. The Bertz CT molecular complexity index is 912. The van der Waals surface area contributed by atoms with Crippen molar-refractivity contribution in [1.82, 2.24) is 25.0 Å². The summed E-state index contributed by atoms with van der Waals surface area (Å²) >= 11 is 0. The molecule has 0 aliphatic heterocycles. The summed E-state index contributed by atoms with van der Waals surface area (Å²) in [6.45, 7) is 3.92. The molecule has 0 radical (unpaired) electrons. The molecule has 0 amide bonds. The fourth-order valence-corrected chi connectivity index (χ4v) is 2.73. The lowest BCUT2D eigenvalue weighted by molar-refractivity contribution is 0.224. The van der Waals surface area contributed by atoms with Crippen molar-refractivity contribution in [2.75, 3.05) is 6.54 Å². The molecule has 0 atom stereocenters. The van der Waals surface area contributed by atoms with E-state index >= 15 is 0 Å². The van der Waals surface area contributed by atoms with E-state index in [2.05, 4.69) is 31.9 Å². The Labute approximate surface area is 138 Å². The molecule has 24 heavy (non-hydrogen) atoms. The third kappa shape index (κ3) is 3.07. The van der Waals surface area contributed by atoms with Crippen molar-refractivity contribution in [2.45, 2.75) is 38.8 Å². The minimum atomic E-state index is -0.111. The number of benzene rings is 1. The summed E-state index contributed by atoms with van der Waals surface area (Å²) in [5.41, 5.74) is 0.599. The molecule has 2 heterocycles. The van der Waals surface area contributed by atoms with Crippen molar-refractivity contribution >= 4 is 10.9 Å². The van der Waals surface area contributed by atoms with Gasteiger partial charge in [0.2, 0.25) is 5.89 Å². The second-order valence-electron chi connectivity index (χ2n) is 6.15. The number of hydrogen-bond acceptors (Lipinski definition) is 6. The molecule has 124 valence electrons. The molecule has 1 saturated carbocycles. The van der Waals surface area contributed by atoms with E-state index in [-0.39, 0.29) is 5.56 Å². The zero-order valence-electron chi connectivity index (χ0n) is 13.5. The largest absolute Gasteiger partial charge is 0.338 e. The molecule has 7 heteroatoms. The zero-order valence-corrected chi connectivity index (χ0v) is 13.5. The van der Waals surface area contributed by atoms with E-state index in [4.69, 9.17) is 4.52 Å². The van der Waals surface area contributed by atoms with Gasteiger partial charge in [-0.25, -0.2) is 4.98 Å². The van der Waals surface area contributed by atoms with Gasteiger partial charge in [0.1, 0.15) is 5.82 Å². The summed E-state index contributed by atoms with van der Waals surface area (Å²) in [6, 6.07) is 7.35. The number of aromatic amines is 1. The van der Waals surface area contributed by atoms with Crippen molar-refractivity contribution < 1.29 is 4.52 Å². The molecule has 7 nitrogen and oxygen atoms in total. The van der Waals surface area contributed by atoms with Gasteiger partial charge in [-0.3, -0.25) is 9.69 Å². The van der Waals surface area contributed by atoms with Crippen molar-refractivity contribution in [3.05, 3.63) is 52.2 Å². The quantitative estimate of drug-likeness (QED) is 0.747. The SMILES string of the molecule is CCN(Cc1nc2ccccc2c(=O)[nH]1)Cc1nc(C2CC2)no1. The fourth-order valence-electron chi connectivity index (χ4n) is 2.73. The highest BCUT2D eigenvalue weighted by Gasteiger charge is 2.29. The van der Waals surface area contributed by atoms with E-state index in [1.165, 1.54) is 0 Å². The highest BCUT2D eigenvalue weighted by atomic mass is 16.5. The van der Waals surface area contributed by atoms with Crippen LogP contribution in [-0.4, -0.2) is 31.6 Å². The second-order valence-corrected chi connectivity index (χ2v) is 6.15. The molecule has 0 unspecified atom stereocenters. The van der Waals surface area contributed by atoms with Crippen molar-refractivity contribution in [2.24, 2.45) is 0 Å². The number of aromatic nitrogens is 4. The standard InChI is InChI=1S/C17H19N5O2/c1-2-22(10-15-20-16(21-24-15)11-7-8-11)9-14-18-13-6-4-3-5-12(13)17(23)19-14/h3-6,11H,2,7-10H2,1H3,(H,18,19,23). The van der Waals surface area contributed by atoms with Crippen LogP contribution in [0.4, 0.5) is 0 Å². The van der Waals surface area contributed by atoms with Crippen LogP contribution in [0.15, 0.2) is 33.6 Å². The number of para-hydroxylation sites is 1. The van der Waals surface area contributed by atoms with E-state index in [0.29, 0.717) is 41.6 Å². The third-order valence-corrected chi connectivity index (χ3v) is 4.27. The van der Waals surface area contributed by atoms with Gasteiger partial charge >= 0.3 is 0 Å². The van der Waals surface area contributed by atoms with Crippen molar-refractivity contribution in [1.29, 1.82) is 0 Å². The molecule has 0 bridgehead atoms. The van der Waals surface area contributed by atoms with E-state index in [1.807, 2.05) is 18.2 Å². The maximum atomic E-state index is 12.2. The number of rotatable bonds is 6. The predicted octanol–water partition coefficient (Wildman–Crippen LogP) is 2.21. The van der Waals surface area contributed by atoms with Crippen LogP contribution in [0.1, 0.15) is 43.2 Å². The van der Waals surface area contributed by atoms with E-state index in [1.54, 1.807) is 6.07 Å². The maximum absolute atomic E-state index is 12.2. The first-order valence-electron chi connectivity index (χ1n) is 8.25. The summed E-state index contributed by atoms with van der Waals surface area (Å²) in [4.78, 5) is 26.1. The molecule has 0 spiro atoms. The van der Waals surface area contributed by atoms with Crippen LogP contribution in [0.25, 0.3) is 10.9 Å². The summed E-state index contributed by atoms with van der Waals surface area (Å²) in [6.07, 6.45) is 2.30. The van der Waals surface area contributed by atoms with Crippen LogP contribution in [0.5, 0.6) is 0 Å². The van der Waals surface area contributed by atoms with Gasteiger partial charge in [0.15, 0.2) is 5.82 Å². The monoisotopic (exact) mass is 325 g/mol. The molecule has 0 saturated heterocycles. The summed E-state index contributed by atoms with van der Waals surface area (Å²) < 4.78 is 5.33. The van der Waals surface area contributed by atoms with Gasteiger partial charge in [-0.2, -0.15) is 4.98 Å². The Balaban J connectivity index is 1.52. The number of nitrogens with zero attached hydrogens (tertiary/aromatic N) is 4. The highest BCUT2D eigenvalue weighted by Crippen LogP contribution is 2.38. The normalized spacial score (nSPS) is 14.6. The molecule has 1 aliphatic carbocycles. The predicted molar refractivity (Wildman–Crippen MR) is 88.4 cm³/mol. The molecular weight excluding hydrogens is 306 g/mol. The molecule has 1 aliphatic rings. The number of hydrogen-bond donors (Lipinski definition) is 1. The minimum absolute atomic E-state index is 0.111. The molecule has 1 aromatic carbocycles. The first-order chi connectivity index (χ1) is 11.7. The highest BCUT2D eigenvalue weighted by molar-refractivity contribution is 5.77. The van der Waals surface area contributed by atoms with Gasteiger partial charge in [-0.15, -0.1) is 0 Å². The average molecular weight is 325 g/mol. The Hall–Kier alpha value is -2.54. The molecule has 4 rings (SSSR count). The first kappa shape index (κ1) is 15.0. The topological polar surface area (TPSA) is 87.9 Å². The van der Waals surface area contributed by atoms with Crippen molar-refractivity contribution in [3.8, 4) is 0 Å². The molecule has 3 aromatic rings. The Morgan fingerprint density at radius 1 is 1.25 bits per heavy atom. The van der Waals surface area contributed by atoms with Crippen LogP contribution in [0.3, 0.4) is 0 Å². The van der Waals surface area contributed by atoms with Crippen LogP contribution in [0.2, 0.25) is 0 Å². The summed E-state index contributed by atoms with van der Waals surface area (Å²) in [7, 11) is 0. The zero-order chi connectivity index (χ0) is 16.5. The number of nitrogens with one attached hydrogen (secondary N) is 1. The van der Waals surface area contributed by atoms with Crippen molar-refractivity contribution in [3.63, 3.8) is 0 Å². The van der Waals surface area contributed by atoms with E-state index < -0.39 is 0 Å². The van der Waals surface area contributed by atoms with Crippen LogP contribution in [0, 0.1) is 0 Å². The Morgan fingerprint density at radius 3 is 2.88 bits per heavy atom. The summed E-state index contributed by atoms with van der Waals surface area (Å²) in [5.74, 6) is 2.55.